The van der Waals surface area contributed by atoms with E-state index in [2.05, 4.69) is 10.0 Å². The van der Waals surface area contributed by atoms with Crippen LogP contribution in [0.5, 0.6) is 0 Å². The zero-order chi connectivity index (χ0) is 11.9. The monoisotopic (exact) mass is 250 g/mol. The van der Waals surface area contributed by atoms with E-state index in [0.717, 1.165) is 39.1 Å². The van der Waals surface area contributed by atoms with Crippen molar-refractivity contribution in [2.24, 2.45) is 5.92 Å². The lowest BCUT2D eigenvalue weighted by Gasteiger charge is -2.09. The van der Waals surface area contributed by atoms with Crippen LogP contribution in [-0.2, 0) is 14.8 Å². The van der Waals surface area contributed by atoms with Crippen molar-refractivity contribution in [2.45, 2.75) is 19.8 Å². The average Bonchev–Trinajstić information content (AvgIpc) is 2.76. The zero-order valence-corrected chi connectivity index (χ0v) is 10.7. The van der Waals surface area contributed by atoms with Gasteiger partial charge in [-0.1, -0.05) is 0 Å². The Labute approximate surface area is 98.0 Å². The largest absolute Gasteiger partial charge is 0.381 e. The fourth-order valence-corrected chi connectivity index (χ4v) is 2.25. The maximum Gasteiger partial charge on any atom is 0.211 e. The Balaban J connectivity index is 1.92. The average molecular weight is 250 g/mol. The maximum absolute atomic E-state index is 11.1. The molecule has 96 valence electrons. The van der Waals surface area contributed by atoms with E-state index >= 15 is 0 Å². The molecule has 1 unspecified atom stereocenters. The van der Waals surface area contributed by atoms with Crippen LogP contribution < -0.4 is 10.0 Å². The molecule has 0 saturated carbocycles. The Morgan fingerprint density at radius 1 is 1.38 bits per heavy atom. The minimum absolute atomic E-state index is 0.153. The van der Waals surface area contributed by atoms with Crippen molar-refractivity contribution in [2.75, 3.05) is 38.6 Å². The van der Waals surface area contributed by atoms with Gasteiger partial charge in [-0.3, -0.25) is 0 Å². The second kappa shape index (κ2) is 7.21. The van der Waals surface area contributed by atoms with Gasteiger partial charge in [-0.15, -0.1) is 0 Å². The lowest BCUT2D eigenvalue weighted by molar-refractivity contribution is 0.185. The fourth-order valence-electron chi connectivity index (χ4n) is 1.59. The third-order valence-corrected chi connectivity index (χ3v) is 4.09. The van der Waals surface area contributed by atoms with Gasteiger partial charge in [0.2, 0.25) is 10.0 Å². The van der Waals surface area contributed by atoms with Crippen LogP contribution in [0.4, 0.5) is 0 Å². The molecule has 1 saturated heterocycles. The second-order valence-electron chi connectivity index (χ2n) is 4.09. The van der Waals surface area contributed by atoms with Crippen LogP contribution in [0.2, 0.25) is 0 Å². The summed E-state index contributed by atoms with van der Waals surface area (Å²) in [5.74, 6) is 0.784. The van der Waals surface area contributed by atoms with E-state index in [1.807, 2.05) is 0 Å². The predicted octanol–water partition coefficient (Wildman–Crippen LogP) is -0.0581. The van der Waals surface area contributed by atoms with Crippen molar-refractivity contribution in [1.82, 2.24) is 10.0 Å². The van der Waals surface area contributed by atoms with E-state index < -0.39 is 10.0 Å². The van der Waals surface area contributed by atoms with Crippen LogP contribution in [0.1, 0.15) is 19.8 Å². The topological polar surface area (TPSA) is 67.4 Å². The highest BCUT2D eigenvalue weighted by Gasteiger charge is 2.14. The van der Waals surface area contributed by atoms with Crippen LogP contribution in [0, 0.1) is 5.92 Å². The standard InChI is InChI=1S/C10H22N2O3S/c1-2-16(13,14)12-6-3-5-11-8-10-4-7-15-9-10/h10-12H,2-9H2,1H3. The van der Waals surface area contributed by atoms with Gasteiger partial charge in [0, 0.05) is 19.7 Å². The number of ether oxygens (including phenoxy) is 1. The molecule has 0 radical (unpaired) electrons. The molecular weight excluding hydrogens is 228 g/mol. The highest BCUT2D eigenvalue weighted by Crippen LogP contribution is 2.10. The van der Waals surface area contributed by atoms with Gasteiger partial charge >= 0.3 is 0 Å². The van der Waals surface area contributed by atoms with Crippen LogP contribution in [0.3, 0.4) is 0 Å². The molecule has 16 heavy (non-hydrogen) atoms. The van der Waals surface area contributed by atoms with Gasteiger partial charge in [0.15, 0.2) is 0 Å². The van der Waals surface area contributed by atoms with Gasteiger partial charge < -0.3 is 10.1 Å². The predicted molar refractivity (Wildman–Crippen MR) is 63.9 cm³/mol. The molecule has 1 atom stereocenters. The van der Waals surface area contributed by atoms with Gasteiger partial charge in [0.1, 0.15) is 0 Å². The van der Waals surface area contributed by atoms with Gasteiger partial charge in [-0.2, -0.15) is 0 Å². The highest BCUT2D eigenvalue weighted by atomic mass is 32.2. The summed E-state index contributed by atoms with van der Waals surface area (Å²) in [6.45, 7) is 5.71. The molecular formula is C10H22N2O3S. The molecule has 0 aromatic heterocycles. The van der Waals surface area contributed by atoms with E-state index in [1.54, 1.807) is 6.92 Å². The summed E-state index contributed by atoms with van der Waals surface area (Å²) in [7, 11) is -3.02. The summed E-state index contributed by atoms with van der Waals surface area (Å²) in [5.41, 5.74) is 0. The van der Waals surface area contributed by atoms with Crippen LogP contribution in [0.25, 0.3) is 0 Å². The summed E-state index contributed by atoms with van der Waals surface area (Å²) in [5, 5.41) is 3.32. The van der Waals surface area contributed by atoms with Crippen LogP contribution in [-0.4, -0.2) is 47.0 Å². The van der Waals surface area contributed by atoms with Gasteiger partial charge in [0.25, 0.3) is 0 Å². The van der Waals surface area contributed by atoms with Crippen LogP contribution >= 0.6 is 0 Å². The van der Waals surface area contributed by atoms with Gasteiger partial charge in [-0.25, -0.2) is 13.1 Å². The summed E-state index contributed by atoms with van der Waals surface area (Å²) in [4.78, 5) is 0. The normalized spacial score (nSPS) is 21.4. The van der Waals surface area contributed by atoms with Crippen molar-refractivity contribution in [3.63, 3.8) is 0 Å². The Bertz CT molecular complexity index is 274. The molecule has 2 N–H and O–H groups in total. The zero-order valence-electron chi connectivity index (χ0n) is 9.87. The van der Waals surface area contributed by atoms with Crippen LogP contribution in [0.15, 0.2) is 0 Å². The number of hydrogen-bond donors (Lipinski definition) is 2. The molecule has 1 heterocycles. The van der Waals surface area contributed by atoms with E-state index in [1.165, 1.54) is 0 Å². The smallest absolute Gasteiger partial charge is 0.211 e. The first-order chi connectivity index (χ1) is 7.64. The van der Waals surface area contributed by atoms with Gasteiger partial charge in [0.05, 0.1) is 12.4 Å². The summed E-state index contributed by atoms with van der Waals surface area (Å²) >= 11 is 0. The lowest BCUT2D eigenvalue weighted by atomic mass is 10.1. The Hall–Kier alpha value is -0.170. The van der Waals surface area contributed by atoms with E-state index in [4.69, 9.17) is 4.74 Å². The molecule has 0 bridgehead atoms. The minimum Gasteiger partial charge on any atom is -0.381 e. The second-order valence-corrected chi connectivity index (χ2v) is 6.18. The lowest BCUT2D eigenvalue weighted by Crippen LogP contribution is -2.30. The van der Waals surface area contributed by atoms with E-state index in [-0.39, 0.29) is 5.75 Å². The molecule has 0 amide bonds. The summed E-state index contributed by atoms with van der Waals surface area (Å²) in [6.07, 6.45) is 1.96. The van der Waals surface area contributed by atoms with E-state index in [0.29, 0.717) is 12.5 Å². The third-order valence-electron chi connectivity index (χ3n) is 2.69. The number of rotatable bonds is 8. The maximum atomic E-state index is 11.1. The molecule has 1 fully saturated rings. The van der Waals surface area contributed by atoms with Crippen molar-refractivity contribution in [3.05, 3.63) is 0 Å². The minimum atomic E-state index is -3.02. The third kappa shape index (κ3) is 5.79. The Morgan fingerprint density at radius 2 is 2.19 bits per heavy atom. The molecule has 5 nitrogen and oxygen atoms in total. The molecule has 0 spiro atoms. The van der Waals surface area contributed by atoms with Crippen molar-refractivity contribution in [3.8, 4) is 0 Å². The highest BCUT2D eigenvalue weighted by molar-refractivity contribution is 7.89. The van der Waals surface area contributed by atoms with Gasteiger partial charge in [-0.05, 0) is 32.2 Å². The summed E-state index contributed by atoms with van der Waals surface area (Å²) < 4.78 is 30.0. The quantitative estimate of drug-likeness (QED) is 0.592. The van der Waals surface area contributed by atoms with Crippen molar-refractivity contribution < 1.29 is 13.2 Å². The number of nitrogens with one attached hydrogen (secondary N) is 2. The molecule has 6 heteroatoms. The first kappa shape index (κ1) is 13.9. The first-order valence-corrected chi connectivity index (χ1v) is 7.55. The molecule has 0 aromatic rings. The Kier molecular flexibility index (Phi) is 6.26. The van der Waals surface area contributed by atoms with E-state index in [9.17, 15) is 8.42 Å². The molecule has 0 aliphatic carbocycles. The fraction of sp³-hybridized carbons (Fsp3) is 1.00. The molecule has 1 rings (SSSR count). The summed E-state index contributed by atoms with van der Waals surface area (Å²) in [6, 6.07) is 0. The Morgan fingerprint density at radius 3 is 2.81 bits per heavy atom. The van der Waals surface area contributed by atoms with Crippen molar-refractivity contribution in [1.29, 1.82) is 0 Å². The van der Waals surface area contributed by atoms with Crippen molar-refractivity contribution >= 4 is 10.0 Å². The first-order valence-electron chi connectivity index (χ1n) is 5.90. The molecule has 1 aliphatic heterocycles. The number of sulfonamides is 1. The SMILES string of the molecule is CCS(=O)(=O)NCCCNCC1CCOC1. The number of hydrogen-bond acceptors (Lipinski definition) is 4. The molecule has 1 aliphatic rings. The molecule has 0 aromatic carbocycles.